The molecular weight excluding hydrogens is 464 g/mol. The highest BCUT2D eigenvalue weighted by molar-refractivity contribution is 5.86. The molecule has 0 bridgehead atoms. The molecule has 4 atom stereocenters. The Morgan fingerprint density at radius 1 is 0.794 bits per heavy atom. The molecule has 3 aliphatic rings. The SMILES string of the molecule is CCC(CCOC(=O)C1COC(=O)O1)(CCC(=O)C1COC(=O)O1)COC(=O)C1COC(=O)O1. The van der Waals surface area contributed by atoms with Crippen molar-refractivity contribution >= 4 is 36.2 Å². The Kier molecular flexibility index (Phi) is 8.12. The highest BCUT2D eigenvalue weighted by atomic mass is 16.8. The van der Waals surface area contributed by atoms with Crippen LogP contribution in [-0.2, 0) is 52.3 Å². The van der Waals surface area contributed by atoms with Crippen LogP contribution >= 0.6 is 0 Å². The average Bonchev–Trinajstić information content (AvgIpc) is 3.56. The first-order valence-electron chi connectivity index (χ1n) is 10.6. The highest BCUT2D eigenvalue weighted by Gasteiger charge is 2.39. The molecule has 0 amide bonds. The summed E-state index contributed by atoms with van der Waals surface area (Å²) in [4.78, 5) is 69.9. The maximum atomic E-state index is 12.4. The first kappa shape index (κ1) is 25.1. The molecule has 0 aromatic heterocycles. The lowest BCUT2D eigenvalue weighted by molar-refractivity contribution is -0.159. The van der Waals surface area contributed by atoms with Crippen LogP contribution in [-0.4, -0.2) is 87.5 Å². The molecule has 3 saturated heterocycles. The van der Waals surface area contributed by atoms with E-state index in [0.29, 0.717) is 6.42 Å². The fourth-order valence-corrected chi connectivity index (χ4v) is 3.43. The van der Waals surface area contributed by atoms with E-state index in [1.165, 1.54) is 0 Å². The Morgan fingerprint density at radius 3 is 1.76 bits per heavy atom. The van der Waals surface area contributed by atoms with E-state index in [1.807, 2.05) is 0 Å². The number of ketones is 1. The third-order valence-corrected chi connectivity index (χ3v) is 5.71. The minimum absolute atomic E-state index is 0.0315. The van der Waals surface area contributed by atoms with Gasteiger partial charge in [0.15, 0.2) is 11.9 Å². The lowest BCUT2D eigenvalue weighted by Crippen LogP contribution is -2.35. The van der Waals surface area contributed by atoms with Crippen molar-refractivity contribution < 1.29 is 66.7 Å². The number of cyclic esters (lactones) is 6. The molecule has 0 spiro atoms. The summed E-state index contributed by atoms with van der Waals surface area (Å²) < 4.78 is 38.4. The van der Waals surface area contributed by atoms with Crippen LogP contribution in [0, 0.1) is 5.41 Å². The third kappa shape index (κ3) is 6.48. The molecule has 3 heterocycles. The Balaban J connectivity index is 1.58. The zero-order chi connectivity index (χ0) is 24.7. The van der Waals surface area contributed by atoms with Gasteiger partial charge in [-0.15, -0.1) is 0 Å². The van der Waals surface area contributed by atoms with Gasteiger partial charge < -0.3 is 37.9 Å². The lowest BCUT2D eigenvalue weighted by Gasteiger charge is -2.32. The number of ether oxygens (including phenoxy) is 8. The van der Waals surface area contributed by atoms with Crippen LogP contribution in [0.1, 0.15) is 32.6 Å². The molecule has 14 nitrogen and oxygen atoms in total. The summed E-state index contributed by atoms with van der Waals surface area (Å²) >= 11 is 0. The molecule has 0 aromatic carbocycles. The molecule has 14 heteroatoms. The van der Waals surface area contributed by atoms with E-state index in [0.717, 1.165) is 0 Å². The van der Waals surface area contributed by atoms with Crippen molar-refractivity contribution in [3.05, 3.63) is 0 Å². The zero-order valence-electron chi connectivity index (χ0n) is 18.3. The van der Waals surface area contributed by atoms with Gasteiger partial charge in [0.05, 0.1) is 13.2 Å². The molecule has 4 unspecified atom stereocenters. The quantitative estimate of drug-likeness (QED) is 0.278. The lowest BCUT2D eigenvalue weighted by atomic mass is 9.77. The molecule has 0 radical (unpaired) electrons. The Morgan fingerprint density at radius 2 is 1.29 bits per heavy atom. The fourth-order valence-electron chi connectivity index (χ4n) is 3.43. The van der Waals surface area contributed by atoms with Crippen molar-refractivity contribution in [2.75, 3.05) is 33.0 Å². The average molecular weight is 488 g/mol. The van der Waals surface area contributed by atoms with Crippen LogP contribution < -0.4 is 0 Å². The van der Waals surface area contributed by atoms with Gasteiger partial charge in [-0.2, -0.15) is 0 Å². The van der Waals surface area contributed by atoms with Crippen LogP contribution in [0.3, 0.4) is 0 Å². The molecule has 3 rings (SSSR count). The second kappa shape index (κ2) is 11.0. The topological polar surface area (TPSA) is 176 Å². The molecule has 34 heavy (non-hydrogen) atoms. The van der Waals surface area contributed by atoms with Crippen LogP contribution in [0.15, 0.2) is 0 Å². The molecule has 0 N–H and O–H groups in total. The second-order valence-electron chi connectivity index (χ2n) is 7.85. The summed E-state index contributed by atoms with van der Waals surface area (Å²) in [5, 5.41) is 0. The smallest absolute Gasteiger partial charge is 0.463 e. The van der Waals surface area contributed by atoms with Crippen molar-refractivity contribution in [3.63, 3.8) is 0 Å². The first-order valence-corrected chi connectivity index (χ1v) is 10.6. The monoisotopic (exact) mass is 488 g/mol. The number of rotatable bonds is 12. The van der Waals surface area contributed by atoms with E-state index in [1.54, 1.807) is 6.92 Å². The van der Waals surface area contributed by atoms with Crippen molar-refractivity contribution in [1.29, 1.82) is 0 Å². The minimum Gasteiger partial charge on any atom is -0.463 e. The molecular formula is C20H24O14. The van der Waals surface area contributed by atoms with Gasteiger partial charge in [-0.1, -0.05) is 6.92 Å². The van der Waals surface area contributed by atoms with E-state index < -0.39 is 54.1 Å². The summed E-state index contributed by atoms with van der Waals surface area (Å²) in [7, 11) is 0. The van der Waals surface area contributed by atoms with E-state index in [4.69, 9.17) is 18.9 Å². The van der Waals surface area contributed by atoms with Crippen molar-refractivity contribution in [1.82, 2.24) is 0 Å². The summed E-state index contributed by atoms with van der Waals surface area (Å²) in [6.45, 7) is 0.775. The van der Waals surface area contributed by atoms with Gasteiger partial charge in [0.25, 0.3) is 0 Å². The van der Waals surface area contributed by atoms with Gasteiger partial charge in [-0.3, -0.25) is 4.79 Å². The molecule has 0 aliphatic carbocycles. The van der Waals surface area contributed by atoms with E-state index >= 15 is 0 Å². The zero-order valence-corrected chi connectivity index (χ0v) is 18.3. The van der Waals surface area contributed by atoms with Gasteiger partial charge in [0, 0.05) is 11.8 Å². The largest absolute Gasteiger partial charge is 0.509 e. The summed E-state index contributed by atoms with van der Waals surface area (Å²) in [6, 6.07) is 0. The van der Waals surface area contributed by atoms with Gasteiger partial charge in [-0.25, -0.2) is 24.0 Å². The van der Waals surface area contributed by atoms with Gasteiger partial charge in [0.1, 0.15) is 19.8 Å². The second-order valence-corrected chi connectivity index (χ2v) is 7.85. The van der Waals surface area contributed by atoms with Crippen molar-refractivity contribution in [2.24, 2.45) is 5.41 Å². The maximum absolute atomic E-state index is 12.4. The molecule has 0 aromatic rings. The van der Waals surface area contributed by atoms with Crippen LogP contribution in [0.2, 0.25) is 0 Å². The highest BCUT2D eigenvalue weighted by Crippen LogP contribution is 2.34. The predicted octanol–water partition coefficient (Wildman–Crippen LogP) is 0.815. The van der Waals surface area contributed by atoms with E-state index in [-0.39, 0.29) is 58.1 Å². The van der Waals surface area contributed by atoms with Gasteiger partial charge in [0.2, 0.25) is 12.2 Å². The molecule has 188 valence electrons. The number of carbonyl (C=O) groups is 6. The van der Waals surface area contributed by atoms with Crippen LogP contribution in [0.5, 0.6) is 0 Å². The number of hydrogen-bond acceptors (Lipinski definition) is 14. The van der Waals surface area contributed by atoms with Crippen LogP contribution in [0.25, 0.3) is 0 Å². The Bertz CT molecular complexity index is 793. The number of carbonyl (C=O) groups excluding carboxylic acids is 6. The normalized spacial score (nSPS) is 25.1. The first-order chi connectivity index (χ1) is 16.2. The molecule has 3 aliphatic heterocycles. The fraction of sp³-hybridized carbons (Fsp3) is 0.700. The van der Waals surface area contributed by atoms with Crippen molar-refractivity contribution in [3.8, 4) is 0 Å². The predicted molar refractivity (Wildman–Crippen MR) is 102 cm³/mol. The van der Waals surface area contributed by atoms with E-state index in [2.05, 4.69) is 18.9 Å². The van der Waals surface area contributed by atoms with Gasteiger partial charge in [-0.05, 0) is 19.3 Å². The molecule has 0 saturated carbocycles. The summed E-state index contributed by atoms with van der Waals surface area (Å²) in [5.74, 6) is -1.99. The van der Waals surface area contributed by atoms with Crippen LogP contribution in [0.4, 0.5) is 14.4 Å². The minimum atomic E-state index is -1.20. The maximum Gasteiger partial charge on any atom is 0.509 e. The standard InChI is InChI=1S/C20H24O14/c1-2-20(4-3-11(21)12-7-28-17(24)32-12,10-31-16(23)14-9-30-19(26)34-14)5-6-27-15(22)13-8-29-18(25)33-13/h12-14H,2-10H2,1H3. The van der Waals surface area contributed by atoms with Crippen molar-refractivity contribution in [2.45, 2.75) is 50.9 Å². The summed E-state index contributed by atoms with van der Waals surface area (Å²) in [5.41, 5.74) is -0.818. The number of hydrogen-bond donors (Lipinski definition) is 0. The Hall–Kier alpha value is -3.58. The number of esters is 2. The summed E-state index contributed by atoms with van der Waals surface area (Å²) in [6.07, 6.45) is -5.51. The Labute approximate surface area is 193 Å². The van der Waals surface area contributed by atoms with E-state index in [9.17, 15) is 28.8 Å². The number of Topliss-reactive ketones (excluding diaryl/α,β-unsaturated/α-hetero) is 1. The van der Waals surface area contributed by atoms with Gasteiger partial charge >= 0.3 is 30.4 Å². The molecule has 3 fully saturated rings. The third-order valence-electron chi connectivity index (χ3n) is 5.71.